The molecule has 0 N–H and O–H groups in total. The van der Waals surface area contributed by atoms with E-state index in [-0.39, 0.29) is 11.6 Å². The number of hydrogen-bond acceptors (Lipinski definition) is 3. The lowest BCUT2D eigenvalue weighted by atomic mass is 9.99. The number of ether oxygens (including phenoxy) is 1. The summed E-state index contributed by atoms with van der Waals surface area (Å²) >= 11 is 0. The molecule has 0 spiro atoms. The Bertz CT molecular complexity index is 828. The topological polar surface area (TPSA) is 46.6 Å². The number of aryl methyl sites for hydroxylation is 1. The van der Waals surface area contributed by atoms with Gasteiger partial charge in [-0.15, -0.1) is 0 Å². The second-order valence-electron chi connectivity index (χ2n) is 6.80. The van der Waals surface area contributed by atoms with Crippen molar-refractivity contribution < 1.29 is 17.5 Å². The minimum Gasteiger partial charge on any atom is -0.493 e. The second kappa shape index (κ2) is 8.18. The standard InChI is InChI=1S/C20H24FNO3S/c1-16-4-2-3-5-20(16)25-14-17-10-12-22(13-11-17)26(23,24)15-18-6-8-19(21)9-7-18/h2-9,17H,10-15H2,1H3. The molecule has 0 unspecified atom stereocenters. The van der Waals surface area contributed by atoms with Crippen molar-refractivity contribution in [3.05, 3.63) is 65.5 Å². The number of nitrogens with zero attached hydrogens (tertiary/aromatic N) is 1. The van der Waals surface area contributed by atoms with Crippen LogP contribution in [0.15, 0.2) is 48.5 Å². The second-order valence-corrected chi connectivity index (χ2v) is 8.77. The number of sulfonamides is 1. The molecule has 0 atom stereocenters. The maximum Gasteiger partial charge on any atom is 0.218 e. The molecule has 3 rings (SSSR count). The Morgan fingerprint density at radius 3 is 2.38 bits per heavy atom. The lowest BCUT2D eigenvalue weighted by Crippen LogP contribution is -2.40. The van der Waals surface area contributed by atoms with E-state index in [9.17, 15) is 12.8 Å². The Kier molecular flexibility index (Phi) is 5.94. The van der Waals surface area contributed by atoms with Crippen LogP contribution in [0.5, 0.6) is 5.75 Å². The first-order valence-corrected chi connectivity index (χ1v) is 10.5. The molecular weight excluding hydrogens is 353 g/mol. The highest BCUT2D eigenvalue weighted by atomic mass is 32.2. The van der Waals surface area contributed by atoms with E-state index in [1.54, 1.807) is 4.31 Å². The van der Waals surface area contributed by atoms with E-state index in [1.807, 2.05) is 31.2 Å². The summed E-state index contributed by atoms with van der Waals surface area (Å²) < 4.78 is 45.6. The van der Waals surface area contributed by atoms with E-state index in [0.717, 1.165) is 24.2 Å². The molecule has 1 aliphatic heterocycles. The monoisotopic (exact) mass is 377 g/mol. The molecule has 6 heteroatoms. The van der Waals surface area contributed by atoms with Gasteiger partial charge in [-0.05, 0) is 55.0 Å². The van der Waals surface area contributed by atoms with Gasteiger partial charge in [-0.2, -0.15) is 0 Å². The van der Waals surface area contributed by atoms with Gasteiger partial charge in [-0.3, -0.25) is 0 Å². The van der Waals surface area contributed by atoms with Crippen LogP contribution in [0.4, 0.5) is 4.39 Å². The average molecular weight is 377 g/mol. The molecule has 2 aromatic rings. The number of rotatable bonds is 6. The van der Waals surface area contributed by atoms with E-state index in [1.165, 1.54) is 24.3 Å². The van der Waals surface area contributed by atoms with Gasteiger partial charge in [0.1, 0.15) is 11.6 Å². The molecule has 1 heterocycles. The van der Waals surface area contributed by atoms with Crippen LogP contribution < -0.4 is 4.74 Å². The van der Waals surface area contributed by atoms with Crippen molar-refractivity contribution in [1.82, 2.24) is 4.31 Å². The zero-order valence-electron chi connectivity index (χ0n) is 14.9. The smallest absolute Gasteiger partial charge is 0.218 e. The SMILES string of the molecule is Cc1ccccc1OCC1CCN(S(=O)(=O)Cc2ccc(F)cc2)CC1. The summed E-state index contributed by atoms with van der Waals surface area (Å²) in [7, 11) is -3.38. The summed E-state index contributed by atoms with van der Waals surface area (Å²) in [6.07, 6.45) is 1.57. The molecule has 0 aromatic heterocycles. The first-order chi connectivity index (χ1) is 12.4. The maximum absolute atomic E-state index is 13.0. The van der Waals surface area contributed by atoms with Crippen molar-refractivity contribution >= 4 is 10.0 Å². The fraction of sp³-hybridized carbons (Fsp3) is 0.400. The number of hydrogen-bond donors (Lipinski definition) is 0. The lowest BCUT2D eigenvalue weighted by molar-refractivity contribution is 0.184. The predicted octanol–water partition coefficient (Wildman–Crippen LogP) is 3.75. The molecule has 140 valence electrons. The summed E-state index contributed by atoms with van der Waals surface area (Å²) in [5, 5.41) is 0. The van der Waals surface area contributed by atoms with Gasteiger partial charge in [0.05, 0.1) is 12.4 Å². The van der Waals surface area contributed by atoms with Crippen molar-refractivity contribution in [2.75, 3.05) is 19.7 Å². The fourth-order valence-corrected chi connectivity index (χ4v) is 4.73. The van der Waals surface area contributed by atoms with Crippen LogP contribution in [0.25, 0.3) is 0 Å². The average Bonchev–Trinajstić information content (AvgIpc) is 2.63. The minimum atomic E-state index is -3.38. The molecule has 26 heavy (non-hydrogen) atoms. The molecule has 1 fully saturated rings. The molecule has 1 saturated heterocycles. The summed E-state index contributed by atoms with van der Waals surface area (Å²) in [6, 6.07) is 13.5. The number of para-hydroxylation sites is 1. The Morgan fingerprint density at radius 1 is 1.08 bits per heavy atom. The third kappa shape index (κ3) is 4.83. The lowest BCUT2D eigenvalue weighted by Gasteiger charge is -2.31. The van der Waals surface area contributed by atoms with Gasteiger partial charge in [-0.25, -0.2) is 17.1 Å². The van der Waals surface area contributed by atoms with Crippen LogP contribution in [-0.2, 0) is 15.8 Å². The molecule has 0 amide bonds. The summed E-state index contributed by atoms with van der Waals surface area (Å²) in [5.41, 5.74) is 1.71. The van der Waals surface area contributed by atoms with Gasteiger partial charge < -0.3 is 4.74 Å². The van der Waals surface area contributed by atoms with E-state index in [0.29, 0.717) is 31.2 Å². The van der Waals surface area contributed by atoms with Crippen LogP contribution in [0.3, 0.4) is 0 Å². The molecule has 0 bridgehead atoms. The molecule has 0 radical (unpaired) electrons. The van der Waals surface area contributed by atoms with E-state index < -0.39 is 10.0 Å². The third-order valence-corrected chi connectivity index (χ3v) is 6.65. The number of benzene rings is 2. The van der Waals surface area contributed by atoms with Crippen LogP contribution >= 0.6 is 0 Å². The normalized spacial score (nSPS) is 16.5. The van der Waals surface area contributed by atoms with Crippen LogP contribution in [-0.4, -0.2) is 32.4 Å². The fourth-order valence-electron chi connectivity index (χ4n) is 3.16. The highest BCUT2D eigenvalue weighted by molar-refractivity contribution is 7.88. The van der Waals surface area contributed by atoms with E-state index in [2.05, 4.69) is 0 Å². The minimum absolute atomic E-state index is 0.0857. The zero-order valence-corrected chi connectivity index (χ0v) is 15.7. The molecule has 2 aromatic carbocycles. The Labute approximate surface area is 154 Å². The first kappa shape index (κ1) is 18.9. The molecule has 0 aliphatic carbocycles. The Balaban J connectivity index is 1.51. The van der Waals surface area contributed by atoms with Gasteiger partial charge >= 0.3 is 0 Å². The maximum atomic E-state index is 13.0. The van der Waals surface area contributed by atoms with Crippen molar-refractivity contribution in [2.45, 2.75) is 25.5 Å². The highest BCUT2D eigenvalue weighted by Crippen LogP contribution is 2.24. The predicted molar refractivity (Wildman–Crippen MR) is 100.0 cm³/mol. The molecule has 0 saturated carbocycles. The van der Waals surface area contributed by atoms with Crippen molar-refractivity contribution in [3.8, 4) is 5.75 Å². The summed E-state index contributed by atoms with van der Waals surface area (Å²) in [6.45, 7) is 3.63. The van der Waals surface area contributed by atoms with Crippen LogP contribution in [0, 0.1) is 18.7 Å². The summed E-state index contributed by atoms with van der Waals surface area (Å²) in [5.74, 6) is 0.795. The molecule has 1 aliphatic rings. The van der Waals surface area contributed by atoms with Crippen molar-refractivity contribution in [1.29, 1.82) is 0 Å². The van der Waals surface area contributed by atoms with Gasteiger partial charge in [0.15, 0.2) is 0 Å². The Morgan fingerprint density at radius 2 is 1.73 bits per heavy atom. The van der Waals surface area contributed by atoms with E-state index in [4.69, 9.17) is 4.74 Å². The van der Waals surface area contributed by atoms with Gasteiger partial charge in [0.25, 0.3) is 0 Å². The first-order valence-electron chi connectivity index (χ1n) is 8.85. The van der Waals surface area contributed by atoms with Crippen LogP contribution in [0.1, 0.15) is 24.0 Å². The quantitative estimate of drug-likeness (QED) is 0.770. The number of halogens is 1. The van der Waals surface area contributed by atoms with Gasteiger partial charge in [0.2, 0.25) is 10.0 Å². The van der Waals surface area contributed by atoms with Gasteiger partial charge in [0, 0.05) is 13.1 Å². The highest BCUT2D eigenvalue weighted by Gasteiger charge is 2.28. The molecule has 4 nitrogen and oxygen atoms in total. The van der Waals surface area contributed by atoms with E-state index >= 15 is 0 Å². The third-order valence-electron chi connectivity index (χ3n) is 4.80. The Hall–Kier alpha value is -1.92. The van der Waals surface area contributed by atoms with Gasteiger partial charge in [-0.1, -0.05) is 30.3 Å². The number of piperidine rings is 1. The van der Waals surface area contributed by atoms with Crippen molar-refractivity contribution in [3.63, 3.8) is 0 Å². The zero-order chi connectivity index (χ0) is 18.6. The molecular formula is C20H24FNO3S. The van der Waals surface area contributed by atoms with Crippen molar-refractivity contribution in [2.24, 2.45) is 5.92 Å². The van der Waals surface area contributed by atoms with Crippen LogP contribution in [0.2, 0.25) is 0 Å². The largest absolute Gasteiger partial charge is 0.493 e. The summed E-state index contributed by atoms with van der Waals surface area (Å²) in [4.78, 5) is 0.